The molecule has 2 heterocycles. The Morgan fingerprint density at radius 2 is 2.03 bits per heavy atom. The Kier molecular flexibility index (Phi) is 4.70. The molecule has 6 nitrogen and oxygen atoms in total. The molecule has 1 saturated carbocycles. The molecule has 2 aromatic carbocycles. The van der Waals surface area contributed by atoms with E-state index in [1.807, 2.05) is 53.7 Å². The van der Waals surface area contributed by atoms with Crippen molar-refractivity contribution in [1.82, 2.24) is 14.5 Å². The molecule has 1 aliphatic heterocycles. The molecule has 1 spiro atoms. The van der Waals surface area contributed by atoms with E-state index in [1.54, 1.807) is 6.07 Å². The molecule has 1 amide bonds. The number of nitriles is 1. The van der Waals surface area contributed by atoms with E-state index in [-0.39, 0.29) is 11.5 Å². The van der Waals surface area contributed by atoms with E-state index < -0.39 is 5.60 Å². The van der Waals surface area contributed by atoms with Gasteiger partial charge >= 0.3 is 6.09 Å². The first-order valence-corrected chi connectivity index (χ1v) is 10.8. The maximum Gasteiger partial charge on any atom is 0.410 e. The van der Waals surface area contributed by atoms with Crippen LogP contribution in [0.1, 0.15) is 43.7 Å². The number of rotatable bonds is 4. The summed E-state index contributed by atoms with van der Waals surface area (Å²) in [4.78, 5) is 19.0. The van der Waals surface area contributed by atoms with Crippen LogP contribution in [0.15, 0.2) is 54.9 Å². The summed E-state index contributed by atoms with van der Waals surface area (Å²) >= 11 is 0. The van der Waals surface area contributed by atoms with Crippen molar-refractivity contribution in [2.75, 3.05) is 6.54 Å². The largest absolute Gasteiger partial charge is 0.441 e. The molecule has 1 aliphatic carbocycles. The lowest BCUT2D eigenvalue weighted by atomic mass is 9.68. The van der Waals surface area contributed by atoms with E-state index in [9.17, 15) is 10.1 Å². The van der Waals surface area contributed by atoms with Crippen LogP contribution in [0, 0.1) is 16.7 Å². The summed E-state index contributed by atoms with van der Waals surface area (Å²) in [7, 11) is 0. The van der Waals surface area contributed by atoms with Crippen molar-refractivity contribution in [3.05, 3.63) is 66.0 Å². The third-order valence-electron chi connectivity index (χ3n) is 6.72. The predicted octanol–water partition coefficient (Wildman–Crippen LogP) is 4.88. The van der Waals surface area contributed by atoms with E-state index in [2.05, 4.69) is 22.5 Å². The number of ether oxygens (including phenoxy) is 1. The third kappa shape index (κ3) is 3.76. The predicted molar refractivity (Wildman–Crippen MR) is 117 cm³/mol. The van der Waals surface area contributed by atoms with Crippen LogP contribution < -0.4 is 0 Å². The summed E-state index contributed by atoms with van der Waals surface area (Å²) in [5.74, 6) is 0. The number of imidazole rings is 1. The van der Waals surface area contributed by atoms with Gasteiger partial charge < -0.3 is 9.30 Å². The molecular formula is C25H26N4O2. The van der Waals surface area contributed by atoms with E-state index in [4.69, 9.17) is 4.74 Å². The van der Waals surface area contributed by atoms with Crippen molar-refractivity contribution in [2.45, 2.75) is 51.3 Å². The highest BCUT2D eigenvalue weighted by Gasteiger charge is 2.51. The van der Waals surface area contributed by atoms with Crippen LogP contribution in [-0.2, 0) is 17.8 Å². The first kappa shape index (κ1) is 19.6. The van der Waals surface area contributed by atoms with E-state index in [0.29, 0.717) is 18.7 Å². The van der Waals surface area contributed by atoms with Gasteiger partial charge in [0.15, 0.2) is 0 Å². The Bertz CT molecular complexity index is 1170. The van der Waals surface area contributed by atoms with Crippen LogP contribution in [0.2, 0.25) is 0 Å². The standard InChI is InChI=1S/C25H26N4O2/c1-24(16-29-18-27-21-9-8-20(13-26)12-22(21)29)10-5-11-25(15-24)17-28(23(30)31-25)14-19-6-3-2-4-7-19/h2-4,6-9,12,18H,5,10-11,14-17H2,1H3. The minimum atomic E-state index is -0.424. The zero-order valence-electron chi connectivity index (χ0n) is 17.8. The first-order chi connectivity index (χ1) is 15.0. The Morgan fingerprint density at radius 3 is 2.84 bits per heavy atom. The first-order valence-electron chi connectivity index (χ1n) is 10.8. The van der Waals surface area contributed by atoms with Crippen LogP contribution in [0.5, 0.6) is 0 Å². The molecule has 158 valence electrons. The highest BCUT2D eigenvalue weighted by molar-refractivity contribution is 5.77. The molecule has 1 saturated heterocycles. The number of amides is 1. The van der Waals surface area contributed by atoms with Gasteiger partial charge in [-0.2, -0.15) is 5.26 Å². The van der Waals surface area contributed by atoms with Gasteiger partial charge in [0.1, 0.15) is 5.60 Å². The number of hydrogen-bond donors (Lipinski definition) is 0. The Balaban J connectivity index is 1.35. The minimum absolute atomic E-state index is 0.0163. The van der Waals surface area contributed by atoms with Crippen molar-refractivity contribution in [1.29, 1.82) is 5.26 Å². The third-order valence-corrected chi connectivity index (χ3v) is 6.72. The van der Waals surface area contributed by atoms with Gasteiger partial charge in [-0.05, 0) is 54.9 Å². The second-order valence-corrected chi connectivity index (χ2v) is 9.42. The molecule has 5 rings (SSSR count). The van der Waals surface area contributed by atoms with E-state index in [1.165, 1.54) is 0 Å². The summed E-state index contributed by atoms with van der Waals surface area (Å²) in [6.45, 7) is 4.29. The van der Waals surface area contributed by atoms with Gasteiger partial charge in [0.25, 0.3) is 0 Å². The SMILES string of the molecule is CC1(Cn2cnc3ccc(C#N)cc32)CCCC2(CN(Cc3ccccc3)C(=O)O2)C1. The molecule has 6 heteroatoms. The summed E-state index contributed by atoms with van der Waals surface area (Å²) in [6.07, 6.45) is 5.49. The average Bonchev–Trinajstić information content (AvgIpc) is 3.28. The second-order valence-electron chi connectivity index (χ2n) is 9.42. The van der Waals surface area contributed by atoms with Crippen molar-refractivity contribution in [3.8, 4) is 6.07 Å². The van der Waals surface area contributed by atoms with Crippen LogP contribution in [0.25, 0.3) is 11.0 Å². The molecule has 2 fully saturated rings. The second kappa shape index (κ2) is 7.42. The highest BCUT2D eigenvalue weighted by atomic mass is 16.6. The fourth-order valence-corrected chi connectivity index (χ4v) is 5.43. The molecule has 2 atom stereocenters. The summed E-state index contributed by atoms with van der Waals surface area (Å²) < 4.78 is 8.18. The van der Waals surface area contributed by atoms with Gasteiger partial charge in [-0.3, -0.25) is 4.90 Å². The number of hydrogen-bond acceptors (Lipinski definition) is 4. The Hall–Kier alpha value is -3.33. The lowest BCUT2D eigenvalue weighted by Gasteiger charge is -2.43. The smallest absolute Gasteiger partial charge is 0.410 e. The maximum absolute atomic E-state index is 12.7. The van der Waals surface area contributed by atoms with Crippen LogP contribution in [0.3, 0.4) is 0 Å². The topological polar surface area (TPSA) is 71.2 Å². The lowest BCUT2D eigenvalue weighted by molar-refractivity contribution is -0.0270. The number of carbonyl (C=O) groups excluding carboxylic acids is 1. The van der Waals surface area contributed by atoms with Gasteiger partial charge in [0, 0.05) is 13.1 Å². The number of benzene rings is 2. The van der Waals surface area contributed by atoms with Crippen molar-refractivity contribution in [2.24, 2.45) is 5.41 Å². The molecule has 0 N–H and O–H groups in total. The van der Waals surface area contributed by atoms with Gasteiger partial charge in [-0.1, -0.05) is 37.3 Å². The molecule has 2 aliphatic rings. The normalized spacial score (nSPS) is 25.7. The Morgan fingerprint density at radius 1 is 1.19 bits per heavy atom. The number of carbonyl (C=O) groups is 1. The van der Waals surface area contributed by atoms with Crippen LogP contribution in [-0.4, -0.2) is 32.7 Å². The van der Waals surface area contributed by atoms with Crippen molar-refractivity contribution >= 4 is 17.1 Å². The quantitative estimate of drug-likeness (QED) is 0.610. The maximum atomic E-state index is 12.7. The monoisotopic (exact) mass is 414 g/mol. The van der Waals surface area contributed by atoms with Crippen molar-refractivity contribution < 1.29 is 9.53 Å². The lowest BCUT2D eigenvalue weighted by Crippen LogP contribution is -2.44. The van der Waals surface area contributed by atoms with Crippen LogP contribution >= 0.6 is 0 Å². The molecule has 3 aromatic rings. The zero-order valence-corrected chi connectivity index (χ0v) is 17.8. The summed E-state index contributed by atoms with van der Waals surface area (Å²) in [6, 6.07) is 17.9. The van der Waals surface area contributed by atoms with Gasteiger partial charge in [-0.25, -0.2) is 9.78 Å². The fraction of sp³-hybridized carbons (Fsp3) is 0.400. The zero-order chi connectivity index (χ0) is 21.5. The summed E-state index contributed by atoms with van der Waals surface area (Å²) in [5.41, 5.74) is 3.20. The minimum Gasteiger partial charge on any atom is -0.441 e. The molecule has 0 radical (unpaired) electrons. The van der Waals surface area contributed by atoms with Gasteiger partial charge in [0.2, 0.25) is 0 Å². The molecular weight excluding hydrogens is 388 g/mol. The highest BCUT2D eigenvalue weighted by Crippen LogP contribution is 2.47. The van der Waals surface area contributed by atoms with Crippen molar-refractivity contribution in [3.63, 3.8) is 0 Å². The van der Waals surface area contributed by atoms with Gasteiger partial charge in [-0.15, -0.1) is 0 Å². The number of fused-ring (bicyclic) bond motifs is 1. The van der Waals surface area contributed by atoms with E-state index >= 15 is 0 Å². The molecule has 31 heavy (non-hydrogen) atoms. The summed E-state index contributed by atoms with van der Waals surface area (Å²) in [5, 5.41) is 9.26. The number of nitrogens with zero attached hydrogens (tertiary/aromatic N) is 4. The molecule has 2 unspecified atom stereocenters. The fourth-order valence-electron chi connectivity index (χ4n) is 5.43. The van der Waals surface area contributed by atoms with E-state index in [0.717, 1.165) is 48.8 Å². The molecule has 1 aromatic heterocycles. The molecule has 0 bridgehead atoms. The number of aromatic nitrogens is 2. The Labute approximate surface area is 182 Å². The average molecular weight is 415 g/mol. The van der Waals surface area contributed by atoms with Crippen LogP contribution in [0.4, 0.5) is 4.79 Å². The van der Waals surface area contributed by atoms with Gasteiger partial charge in [0.05, 0.1) is 35.5 Å².